The lowest BCUT2D eigenvalue weighted by Gasteiger charge is -2.16. The summed E-state index contributed by atoms with van der Waals surface area (Å²) in [5.74, 6) is 2.20. The van der Waals surface area contributed by atoms with Crippen molar-refractivity contribution in [1.82, 2.24) is 9.55 Å². The molecule has 2 nitrogen and oxygen atoms in total. The summed E-state index contributed by atoms with van der Waals surface area (Å²) in [5.41, 5.74) is 1.48. The van der Waals surface area contributed by atoms with E-state index in [4.69, 9.17) is 0 Å². The molecule has 0 radical (unpaired) electrons. The number of nitrogens with zero attached hydrogens (tertiary/aromatic N) is 2. The van der Waals surface area contributed by atoms with Crippen LogP contribution in [0.2, 0.25) is 0 Å². The van der Waals surface area contributed by atoms with Crippen LogP contribution in [0.4, 0.5) is 0 Å². The van der Waals surface area contributed by atoms with Crippen LogP contribution in [0, 0.1) is 0 Å². The lowest BCUT2D eigenvalue weighted by Crippen LogP contribution is -2.11. The minimum absolute atomic E-state index is 0.817. The molecule has 0 bridgehead atoms. The number of fused-ring (bicyclic) bond motifs is 1. The number of aromatic nitrogens is 2. The van der Waals surface area contributed by atoms with Gasteiger partial charge < -0.3 is 4.57 Å². The first-order valence-electron chi connectivity index (χ1n) is 4.99. The molecule has 0 saturated heterocycles. The average Bonchev–Trinajstić information content (AvgIpc) is 2.86. The van der Waals surface area contributed by atoms with Gasteiger partial charge in [-0.05, 0) is 32.1 Å². The zero-order valence-corrected chi connectivity index (χ0v) is 7.29. The Morgan fingerprint density at radius 3 is 3.08 bits per heavy atom. The van der Waals surface area contributed by atoms with Crippen molar-refractivity contribution in [3.63, 3.8) is 0 Å². The summed E-state index contributed by atoms with van der Waals surface area (Å²) in [4.78, 5) is 4.52. The van der Waals surface area contributed by atoms with Crippen molar-refractivity contribution in [3.8, 4) is 0 Å². The van der Waals surface area contributed by atoms with Gasteiger partial charge in [0.05, 0.1) is 0 Å². The maximum absolute atomic E-state index is 4.52. The third-order valence-corrected chi connectivity index (χ3v) is 2.98. The van der Waals surface area contributed by atoms with Crippen LogP contribution in [0.15, 0.2) is 6.20 Å². The summed E-state index contributed by atoms with van der Waals surface area (Å²) in [6.45, 7) is 1.22. The molecule has 64 valence electrons. The Balaban J connectivity index is 2.03. The highest BCUT2D eigenvalue weighted by Gasteiger charge is 2.29. The van der Waals surface area contributed by atoms with E-state index in [0.29, 0.717) is 0 Å². The first-order valence-corrected chi connectivity index (χ1v) is 4.99. The minimum atomic E-state index is 0.817. The predicted molar refractivity (Wildman–Crippen MR) is 47.1 cm³/mol. The van der Waals surface area contributed by atoms with E-state index in [-0.39, 0.29) is 0 Å². The molecule has 1 aliphatic carbocycles. The van der Waals surface area contributed by atoms with Gasteiger partial charge in [0.15, 0.2) is 0 Å². The van der Waals surface area contributed by atoms with Crippen LogP contribution in [-0.4, -0.2) is 9.55 Å². The molecule has 0 aromatic carbocycles. The van der Waals surface area contributed by atoms with E-state index in [2.05, 4.69) is 15.7 Å². The fourth-order valence-corrected chi connectivity index (χ4v) is 2.13. The monoisotopic (exact) mass is 162 g/mol. The van der Waals surface area contributed by atoms with Crippen molar-refractivity contribution in [2.75, 3.05) is 0 Å². The molecule has 2 heterocycles. The van der Waals surface area contributed by atoms with Crippen LogP contribution < -0.4 is 0 Å². The molecule has 12 heavy (non-hydrogen) atoms. The smallest absolute Gasteiger partial charge is 0.111 e. The van der Waals surface area contributed by atoms with Crippen LogP contribution in [0.5, 0.6) is 0 Å². The Labute approximate surface area is 72.6 Å². The van der Waals surface area contributed by atoms with Gasteiger partial charge in [-0.1, -0.05) is 0 Å². The van der Waals surface area contributed by atoms with Crippen LogP contribution in [-0.2, 0) is 13.0 Å². The van der Waals surface area contributed by atoms with E-state index in [9.17, 15) is 0 Å². The summed E-state index contributed by atoms with van der Waals surface area (Å²) in [6, 6.07) is 0. The molecule has 3 rings (SSSR count). The maximum Gasteiger partial charge on any atom is 0.111 e. The summed E-state index contributed by atoms with van der Waals surface area (Å²) < 4.78 is 2.46. The van der Waals surface area contributed by atoms with E-state index < -0.39 is 0 Å². The quantitative estimate of drug-likeness (QED) is 0.618. The second kappa shape index (κ2) is 2.35. The molecular weight excluding hydrogens is 148 g/mol. The zero-order chi connectivity index (χ0) is 7.97. The summed E-state index contributed by atoms with van der Waals surface area (Å²) in [5, 5.41) is 0. The molecule has 0 spiro atoms. The molecule has 2 aliphatic rings. The van der Waals surface area contributed by atoms with Crippen LogP contribution in [0.1, 0.15) is 43.1 Å². The third-order valence-electron chi connectivity index (χ3n) is 2.98. The van der Waals surface area contributed by atoms with Crippen molar-refractivity contribution in [2.24, 2.45) is 0 Å². The molecule has 0 atom stereocenters. The molecular formula is C10H14N2. The van der Waals surface area contributed by atoms with Crippen molar-refractivity contribution >= 4 is 0 Å². The van der Waals surface area contributed by atoms with Gasteiger partial charge >= 0.3 is 0 Å². The van der Waals surface area contributed by atoms with Gasteiger partial charge in [-0.25, -0.2) is 4.98 Å². The molecule has 0 N–H and O–H groups in total. The van der Waals surface area contributed by atoms with E-state index in [1.54, 1.807) is 0 Å². The Morgan fingerprint density at radius 2 is 2.25 bits per heavy atom. The highest BCUT2D eigenvalue weighted by atomic mass is 15.1. The molecule has 1 aliphatic heterocycles. The Kier molecular flexibility index (Phi) is 1.31. The van der Waals surface area contributed by atoms with Crippen LogP contribution >= 0.6 is 0 Å². The fourth-order valence-electron chi connectivity index (χ4n) is 2.13. The number of aryl methyl sites for hydroxylation is 1. The Morgan fingerprint density at radius 1 is 1.33 bits per heavy atom. The third kappa shape index (κ3) is 0.904. The van der Waals surface area contributed by atoms with Gasteiger partial charge in [-0.3, -0.25) is 0 Å². The topological polar surface area (TPSA) is 17.8 Å². The first-order chi connectivity index (χ1) is 5.95. The van der Waals surface area contributed by atoms with Gasteiger partial charge in [-0.15, -0.1) is 0 Å². The lowest BCUT2D eigenvalue weighted by atomic mass is 10.1. The number of hydrogen-bond donors (Lipinski definition) is 0. The fraction of sp³-hybridized carbons (Fsp3) is 0.700. The first kappa shape index (κ1) is 6.70. The van der Waals surface area contributed by atoms with Gasteiger partial charge in [0.25, 0.3) is 0 Å². The van der Waals surface area contributed by atoms with Gasteiger partial charge in [0, 0.05) is 24.4 Å². The maximum atomic E-state index is 4.52. The molecule has 1 aromatic heterocycles. The molecule has 0 unspecified atom stereocenters. The van der Waals surface area contributed by atoms with Gasteiger partial charge in [0.1, 0.15) is 5.82 Å². The standard InChI is InChI=1S/C10H14N2/c1-2-6-12-9(3-1)7-11-10(12)8-4-5-8/h7-8H,1-6H2. The summed E-state index contributed by atoms with van der Waals surface area (Å²) in [7, 11) is 0. The SMILES string of the molecule is c1nc(C2CC2)n2c1CCCC2. The Bertz CT molecular complexity index is 297. The molecule has 1 fully saturated rings. The van der Waals surface area contributed by atoms with Crippen molar-refractivity contribution in [1.29, 1.82) is 0 Å². The van der Waals surface area contributed by atoms with E-state index in [1.165, 1.54) is 50.2 Å². The van der Waals surface area contributed by atoms with Crippen LogP contribution in [0.3, 0.4) is 0 Å². The molecule has 1 aromatic rings. The largest absolute Gasteiger partial charge is 0.332 e. The zero-order valence-electron chi connectivity index (χ0n) is 7.29. The van der Waals surface area contributed by atoms with Gasteiger partial charge in [0.2, 0.25) is 0 Å². The summed E-state index contributed by atoms with van der Waals surface area (Å²) >= 11 is 0. The van der Waals surface area contributed by atoms with Gasteiger partial charge in [-0.2, -0.15) is 0 Å². The van der Waals surface area contributed by atoms with Crippen molar-refractivity contribution in [3.05, 3.63) is 17.7 Å². The lowest BCUT2D eigenvalue weighted by molar-refractivity contribution is 0.515. The molecule has 0 amide bonds. The van der Waals surface area contributed by atoms with Crippen LogP contribution in [0.25, 0.3) is 0 Å². The van der Waals surface area contributed by atoms with Crippen molar-refractivity contribution < 1.29 is 0 Å². The number of rotatable bonds is 1. The van der Waals surface area contributed by atoms with E-state index in [1.807, 2.05) is 0 Å². The highest BCUT2D eigenvalue weighted by Crippen LogP contribution is 2.40. The predicted octanol–water partition coefficient (Wildman–Crippen LogP) is 2.10. The normalized spacial score (nSPS) is 22.3. The second-order valence-corrected chi connectivity index (χ2v) is 3.99. The van der Waals surface area contributed by atoms with E-state index in [0.717, 1.165) is 5.92 Å². The second-order valence-electron chi connectivity index (χ2n) is 3.99. The van der Waals surface area contributed by atoms with Crippen molar-refractivity contribution in [2.45, 2.75) is 44.6 Å². The highest BCUT2D eigenvalue weighted by molar-refractivity contribution is 5.14. The minimum Gasteiger partial charge on any atom is -0.332 e. The van der Waals surface area contributed by atoms with E-state index >= 15 is 0 Å². The molecule has 1 saturated carbocycles. The molecule has 2 heteroatoms. The number of hydrogen-bond acceptors (Lipinski definition) is 1. The number of imidazole rings is 1. The Hall–Kier alpha value is -0.790. The summed E-state index contributed by atoms with van der Waals surface area (Å²) in [6.07, 6.45) is 8.79. The average molecular weight is 162 g/mol.